The average Bonchev–Trinajstić information content (AvgIpc) is 2.66. The van der Waals surface area contributed by atoms with Crippen molar-refractivity contribution in [1.29, 1.82) is 0 Å². The lowest BCUT2D eigenvalue weighted by molar-refractivity contribution is 1.44. The number of hydrogen-bond donors (Lipinski definition) is 0. The molecule has 83 valence electrons. The van der Waals surface area contributed by atoms with Gasteiger partial charge in [-0.05, 0) is 47.7 Å². The number of allylic oxidation sites excluding steroid dienone is 2. The van der Waals surface area contributed by atoms with E-state index in [-0.39, 0.29) is 0 Å². The Kier molecular flexibility index (Phi) is 2.36. The minimum absolute atomic E-state index is 1.28. The van der Waals surface area contributed by atoms with Crippen molar-refractivity contribution in [3.05, 3.63) is 71.7 Å². The first-order chi connectivity index (χ1) is 8.25. The number of benzene rings is 2. The van der Waals surface area contributed by atoms with Crippen LogP contribution >= 0.6 is 0 Å². The van der Waals surface area contributed by atoms with Crippen LogP contribution < -0.4 is 0 Å². The molecular formula is C17H15. The summed E-state index contributed by atoms with van der Waals surface area (Å²) in [6, 6.07) is 17.3. The molecule has 0 N–H and O–H groups in total. The quantitative estimate of drug-likeness (QED) is 0.651. The first-order valence-electron chi connectivity index (χ1n) is 5.98. The van der Waals surface area contributed by atoms with Gasteiger partial charge in [-0.15, -0.1) is 0 Å². The van der Waals surface area contributed by atoms with Crippen molar-refractivity contribution in [2.45, 2.75) is 13.8 Å². The molecule has 0 heteroatoms. The Morgan fingerprint density at radius 2 is 1.53 bits per heavy atom. The van der Waals surface area contributed by atoms with Gasteiger partial charge in [0.2, 0.25) is 0 Å². The maximum absolute atomic E-state index is 2.28. The fraction of sp³-hybridized carbons (Fsp3) is 0.118. The molecule has 0 nitrogen and oxygen atoms in total. The second kappa shape index (κ2) is 3.89. The normalized spacial score (nSPS) is 14.0. The predicted octanol–water partition coefficient (Wildman–Crippen LogP) is 4.71. The zero-order chi connectivity index (χ0) is 11.8. The van der Waals surface area contributed by atoms with E-state index < -0.39 is 0 Å². The van der Waals surface area contributed by atoms with Crippen LogP contribution in [0.5, 0.6) is 0 Å². The van der Waals surface area contributed by atoms with Crippen molar-refractivity contribution in [1.82, 2.24) is 0 Å². The van der Waals surface area contributed by atoms with Gasteiger partial charge < -0.3 is 0 Å². The highest BCUT2D eigenvalue weighted by Gasteiger charge is 2.16. The first-order valence-corrected chi connectivity index (χ1v) is 5.98. The predicted molar refractivity (Wildman–Crippen MR) is 73.5 cm³/mol. The SMILES string of the molecule is CC1=C(C)c2ccc(-c3ccccc3)cc2[CH]1. The van der Waals surface area contributed by atoms with Gasteiger partial charge in [-0.2, -0.15) is 0 Å². The van der Waals surface area contributed by atoms with E-state index in [0.717, 1.165) is 0 Å². The summed E-state index contributed by atoms with van der Waals surface area (Å²) in [5.41, 5.74) is 8.09. The summed E-state index contributed by atoms with van der Waals surface area (Å²) < 4.78 is 0. The molecule has 17 heavy (non-hydrogen) atoms. The molecule has 0 heterocycles. The molecule has 0 bridgehead atoms. The third-order valence-electron chi connectivity index (χ3n) is 3.53. The lowest BCUT2D eigenvalue weighted by Gasteiger charge is -2.06. The molecule has 0 spiro atoms. The largest absolute Gasteiger partial charge is 0.0622 e. The minimum atomic E-state index is 1.28. The molecule has 0 unspecified atom stereocenters. The summed E-state index contributed by atoms with van der Waals surface area (Å²) in [4.78, 5) is 0. The lowest BCUT2D eigenvalue weighted by Crippen LogP contribution is -1.84. The Morgan fingerprint density at radius 1 is 0.765 bits per heavy atom. The van der Waals surface area contributed by atoms with Crippen LogP contribution in [0.2, 0.25) is 0 Å². The molecule has 1 aliphatic carbocycles. The Balaban J connectivity index is 2.07. The monoisotopic (exact) mass is 219 g/mol. The minimum Gasteiger partial charge on any atom is -0.0622 e. The number of fused-ring (bicyclic) bond motifs is 1. The highest BCUT2D eigenvalue weighted by atomic mass is 14.2. The summed E-state index contributed by atoms with van der Waals surface area (Å²) in [5, 5.41) is 0. The van der Waals surface area contributed by atoms with E-state index in [2.05, 4.69) is 68.8 Å². The summed E-state index contributed by atoms with van der Waals surface area (Å²) in [7, 11) is 0. The van der Waals surface area contributed by atoms with E-state index in [9.17, 15) is 0 Å². The molecule has 0 saturated carbocycles. The molecule has 0 fully saturated rings. The van der Waals surface area contributed by atoms with Crippen molar-refractivity contribution < 1.29 is 0 Å². The van der Waals surface area contributed by atoms with Crippen molar-refractivity contribution in [3.63, 3.8) is 0 Å². The summed E-state index contributed by atoms with van der Waals surface area (Å²) in [6.45, 7) is 4.37. The Labute approximate surface area is 103 Å². The van der Waals surface area contributed by atoms with E-state index in [1.807, 2.05) is 0 Å². The smallest absolute Gasteiger partial charge is 0.0164 e. The highest BCUT2D eigenvalue weighted by Crippen LogP contribution is 2.35. The van der Waals surface area contributed by atoms with E-state index in [1.54, 1.807) is 0 Å². The third-order valence-corrected chi connectivity index (χ3v) is 3.53. The standard InChI is InChI=1S/C17H15/c1-12-10-16-11-15(8-9-17(16)13(12)2)14-6-4-3-5-7-14/h3-11H,1-2H3. The fourth-order valence-electron chi connectivity index (χ4n) is 2.39. The molecule has 1 aliphatic rings. The first kappa shape index (κ1) is 10.3. The van der Waals surface area contributed by atoms with Gasteiger partial charge >= 0.3 is 0 Å². The van der Waals surface area contributed by atoms with Crippen LogP contribution in [0.25, 0.3) is 16.7 Å². The zero-order valence-electron chi connectivity index (χ0n) is 10.2. The van der Waals surface area contributed by atoms with Crippen LogP contribution in [0.15, 0.2) is 54.1 Å². The second-order valence-electron chi connectivity index (χ2n) is 4.62. The summed E-state index contributed by atoms with van der Waals surface area (Å²) in [5.74, 6) is 0. The Morgan fingerprint density at radius 3 is 2.29 bits per heavy atom. The van der Waals surface area contributed by atoms with Crippen LogP contribution in [0.4, 0.5) is 0 Å². The molecule has 0 aliphatic heterocycles. The van der Waals surface area contributed by atoms with E-state index in [1.165, 1.54) is 33.4 Å². The van der Waals surface area contributed by atoms with Crippen LogP contribution in [0.3, 0.4) is 0 Å². The van der Waals surface area contributed by atoms with Crippen molar-refractivity contribution in [2.24, 2.45) is 0 Å². The number of hydrogen-bond acceptors (Lipinski definition) is 0. The van der Waals surface area contributed by atoms with Gasteiger partial charge in [-0.1, -0.05) is 48.0 Å². The molecule has 1 radical (unpaired) electrons. The third kappa shape index (κ3) is 1.70. The second-order valence-corrected chi connectivity index (χ2v) is 4.62. The zero-order valence-corrected chi connectivity index (χ0v) is 10.2. The van der Waals surface area contributed by atoms with Gasteiger partial charge in [-0.3, -0.25) is 0 Å². The molecular weight excluding hydrogens is 204 g/mol. The van der Waals surface area contributed by atoms with Crippen LogP contribution in [0, 0.1) is 6.42 Å². The average molecular weight is 219 g/mol. The Bertz CT molecular complexity index is 589. The topological polar surface area (TPSA) is 0 Å². The van der Waals surface area contributed by atoms with E-state index >= 15 is 0 Å². The maximum Gasteiger partial charge on any atom is 0.0164 e. The summed E-state index contributed by atoms with van der Waals surface area (Å²) in [6.07, 6.45) is 2.27. The van der Waals surface area contributed by atoms with Crippen molar-refractivity contribution >= 4 is 5.57 Å². The highest BCUT2D eigenvalue weighted by molar-refractivity contribution is 5.81. The van der Waals surface area contributed by atoms with Crippen molar-refractivity contribution in [3.8, 4) is 11.1 Å². The lowest BCUT2D eigenvalue weighted by atomic mass is 9.99. The molecule has 2 aromatic carbocycles. The maximum atomic E-state index is 2.28. The van der Waals surface area contributed by atoms with Crippen molar-refractivity contribution in [2.75, 3.05) is 0 Å². The van der Waals surface area contributed by atoms with Crippen LogP contribution in [0.1, 0.15) is 25.0 Å². The molecule has 0 saturated heterocycles. The van der Waals surface area contributed by atoms with Gasteiger partial charge in [0.05, 0.1) is 0 Å². The molecule has 3 rings (SSSR count). The molecule has 0 amide bonds. The van der Waals surface area contributed by atoms with Gasteiger partial charge in [0.1, 0.15) is 0 Å². The number of rotatable bonds is 1. The van der Waals surface area contributed by atoms with Gasteiger partial charge in [0.15, 0.2) is 0 Å². The van der Waals surface area contributed by atoms with Gasteiger partial charge in [0, 0.05) is 6.42 Å². The molecule has 0 aromatic heterocycles. The Hall–Kier alpha value is -1.82. The van der Waals surface area contributed by atoms with E-state index in [0.29, 0.717) is 0 Å². The fourth-order valence-corrected chi connectivity index (χ4v) is 2.39. The summed E-state index contributed by atoms with van der Waals surface area (Å²) >= 11 is 0. The molecule has 0 atom stereocenters. The van der Waals surface area contributed by atoms with Crippen LogP contribution in [-0.2, 0) is 0 Å². The van der Waals surface area contributed by atoms with Gasteiger partial charge in [0.25, 0.3) is 0 Å². The van der Waals surface area contributed by atoms with E-state index in [4.69, 9.17) is 0 Å². The van der Waals surface area contributed by atoms with Gasteiger partial charge in [-0.25, -0.2) is 0 Å². The van der Waals surface area contributed by atoms with Crippen LogP contribution in [-0.4, -0.2) is 0 Å². The molecule has 2 aromatic rings.